The quantitative estimate of drug-likeness (QED) is 0.492. The van der Waals surface area contributed by atoms with Crippen molar-refractivity contribution in [3.8, 4) is 0 Å². The van der Waals surface area contributed by atoms with E-state index in [1.54, 1.807) is 12.1 Å². The van der Waals surface area contributed by atoms with Gasteiger partial charge >= 0.3 is 5.97 Å². The molecule has 1 aliphatic heterocycles. The first kappa shape index (κ1) is 23.1. The van der Waals surface area contributed by atoms with Gasteiger partial charge in [0.1, 0.15) is 5.76 Å². The van der Waals surface area contributed by atoms with Crippen molar-refractivity contribution >= 4 is 45.3 Å². The fraction of sp³-hybridized carbons (Fsp3) is 0.333. The summed E-state index contributed by atoms with van der Waals surface area (Å²) in [7, 11) is -3.69. The molecule has 8 nitrogen and oxygen atoms in total. The highest BCUT2D eigenvalue weighted by molar-refractivity contribution is 7.89. The molecule has 1 saturated heterocycles. The molecular weight excluding hydrogens is 444 g/mol. The molecule has 1 fully saturated rings. The lowest BCUT2D eigenvalue weighted by atomic mass is 10.2. The highest BCUT2D eigenvalue weighted by Crippen LogP contribution is 2.28. The minimum atomic E-state index is -3.69. The number of esters is 1. The lowest BCUT2D eigenvalue weighted by Gasteiger charge is -2.26. The molecule has 0 saturated carbocycles. The van der Waals surface area contributed by atoms with Crippen molar-refractivity contribution in [1.82, 2.24) is 4.31 Å². The summed E-state index contributed by atoms with van der Waals surface area (Å²) in [4.78, 5) is 24.4. The number of hydrogen-bond donors (Lipinski definition) is 1. The van der Waals surface area contributed by atoms with Gasteiger partial charge in [-0.05, 0) is 56.2 Å². The summed E-state index contributed by atoms with van der Waals surface area (Å²) in [6, 6.07) is 7.47. The molecule has 0 aliphatic carbocycles. The summed E-state index contributed by atoms with van der Waals surface area (Å²) in [5.74, 6) is -0.909. The topological polar surface area (TPSA) is 106 Å². The van der Waals surface area contributed by atoms with Gasteiger partial charge in [-0.2, -0.15) is 4.31 Å². The fourth-order valence-electron chi connectivity index (χ4n) is 3.05. The Labute approximate surface area is 185 Å². The molecule has 10 heteroatoms. The van der Waals surface area contributed by atoms with Gasteiger partial charge in [-0.25, -0.2) is 13.2 Å². The number of carbonyl (C=O) groups excluding carboxylic acids is 2. The van der Waals surface area contributed by atoms with E-state index in [1.807, 2.05) is 0 Å². The average molecular weight is 467 g/mol. The van der Waals surface area contributed by atoms with Gasteiger partial charge in [0.2, 0.25) is 10.0 Å². The van der Waals surface area contributed by atoms with Crippen LogP contribution >= 0.6 is 11.6 Å². The number of halogens is 1. The second-order valence-corrected chi connectivity index (χ2v) is 9.37. The summed E-state index contributed by atoms with van der Waals surface area (Å²) in [6.45, 7) is 2.33. The molecule has 3 rings (SSSR count). The Morgan fingerprint density at radius 3 is 2.65 bits per heavy atom. The van der Waals surface area contributed by atoms with Crippen LogP contribution in [0.15, 0.2) is 52.0 Å². The number of carbonyl (C=O) groups is 2. The molecule has 1 aromatic carbocycles. The predicted octanol–water partition coefficient (Wildman–Crippen LogP) is 3.69. The van der Waals surface area contributed by atoms with Gasteiger partial charge in [-0.15, -0.1) is 0 Å². The Morgan fingerprint density at radius 2 is 1.97 bits per heavy atom. The molecular formula is C21H23ClN2O6S. The predicted molar refractivity (Wildman–Crippen MR) is 116 cm³/mol. The monoisotopic (exact) mass is 466 g/mol. The van der Waals surface area contributed by atoms with Crippen molar-refractivity contribution in [3.05, 3.63) is 53.5 Å². The largest absolute Gasteiger partial charge is 0.465 e. The van der Waals surface area contributed by atoms with E-state index < -0.39 is 28.0 Å². The first-order valence-electron chi connectivity index (χ1n) is 9.80. The molecule has 2 heterocycles. The van der Waals surface area contributed by atoms with Crippen LogP contribution in [0, 0.1) is 0 Å². The lowest BCUT2D eigenvalue weighted by molar-refractivity contribution is -0.148. The summed E-state index contributed by atoms with van der Waals surface area (Å²) in [5.41, 5.74) is 0.124. The molecule has 31 heavy (non-hydrogen) atoms. The van der Waals surface area contributed by atoms with Crippen molar-refractivity contribution in [2.45, 2.75) is 37.2 Å². The summed E-state index contributed by atoms with van der Waals surface area (Å²) >= 11 is 6.14. The average Bonchev–Trinajstić information content (AvgIpc) is 3.28. The molecule has 1 amide bonds. The normalized spacial score (nSPS) is 16.2. The van der Waals surface area contributed by atoms with Crippen LogP contribution in [0.5, 0.6) is 0 Å². The third-order valence-electron chi connectivity index (χ3n) is 4.74. The van der Waals surface area contributed by atoms with E-state index >= 15 is 0 Å². The molecule has 1 aliphatic rings. The van der Waals surface area contributed by atoms with Crippen LogP contribution < -0.4 is 5.32 Å². The maximum absolute atomic E-state index is 12.9. The lowest BCUT2D eigenvalue weighted by Crippen LogP contribution is -2.35. The second-order valence-electron chi connectivity index (χ2n) is 7.02. The zero-order valence-electron chi connectivity index (χ0n) is 16.9. The Morgan fingerprint density at radius 1 is 1.23 bits per heavy atom. The smallest absolute Gasteiger partial charge is 0.331 e. The third kappa shape index (κ3) is 5.96. The number of nitrogens with zero attached hydrogens (tertiary/aromatic N) is 1. The van der Waals surface area contributed by atoms with Gasteiger partial charge in [0.05, 0.1) is 21.9 Å². The number of rotatable bonds is 7. The Balaban J connectivity index is 1.66. The Kier molecular flexibility index (Phi) is 7.53. The molecule has 0 bridgehead atoms. The van der Waals surface area contributed by atoms with Crippen LogP contribution in [-0.2, 0) is 24.3 Å². The molecule has 1 atom stereocenters. The number of nitrogens with one attached hydrogen (secondary N) is 1. The highest BCUT2D eigenvalue weighted by Gasteiger charge is 2.27. The number of piperidine rings is 1. The number of anilines is 1. The van der Waals surface area contributed by atoms with Gasteiger partial charge in [-0.1, -0.05) is 18.0 Å². The van der Waals surface area contributed by atoms with Crippen molar-refractivity contribution < 1.29 is 27.2 Å². The molecule has 1 aromatic heterocycles. The molecule has 2 aromatic rings. The minimum absolute atomic E-state index is 0.0418. The van der Waals surface area contributed by atoms with Crippen LogP contribution in [0.25, 0.3) is 6.08 Å². The molecule has 0 unspecified atom stereocenters. The molecule has 166 valence electrons. The fourth-order valence-corrected chi connectivity index (χ4v) is 4.76. The maximum Gasteiger partial charge on any atom is 0.331 e. The van der Waals surface area contributed by atoms with E-state index in [9.17, 15) is 18.0 Å². The van der Waals surface area contributed by atoms with E-state index in [0.29, 0.717) is 18.8 Å². The molecule has 0 spiro atoms. The number of ether oxygens (including phenoxy) is 1. The van der Waals surface area contributed by atoms with Gasteiger partial charge in [0.25, 0.3) is 5.91 Å². The Hall–Kier alpha value is -2.62. The summed E-state index contributed by atoms with van der Waals surface area (Å²) < 4.78 is 37.3. The first-order valence-corrected chi connectivity index (χ1v) is 11.6. The van der Waals surface area contributed by atoms with Gasteiger partial charge < -0.3 is 14.5 Å². The second kappa shape index (κ2) is 10.1. The zero-order valence-corrected chi connectivity index (χ0v) is 18.5. The van der Waals surface area contributed by atoms with Crippen molar-refractivity contribution in [2.75, 3.05) is 18.4 Å². The van der Waals surface area contributed by atoms with E-state index in [0.717, 1.165) is 25.3 Å². The van der Waals surface area contributed by atoms with Crippen LogP contribution in [0.4, 0.5) is 5.69 Å². The standard InChI is InChI=1S/C21H23ClN2O6S/c1-15(30-20(25)10-7-16-6-5-13-29-16)21(26)23-19-14-17(8-9-18(19)22)31(27,28)24-11-3-2-4-12-24/h5-10,13-15H,2-4,11-12H2,1H3,(H,23,26)/b10-7+/t15-/m0/s1. The number of hydrogen-bond acceptors (Lipinski definition) is 6. The zero-order chi connectivity index (χ0) is 22.4. The van der Waals surface area contributed by atoms with Crippen molar-refractivity contribution in [3.63, 3.8) is 0 Å². The number of benzene rings is 1. The maximum atomic E-state index is 12.9. The molecule has 1 N–H and O–H groups in total. The van der Waals surface area contributed by atoms with E-state index in [1.165, 1.54) is 41.8 Å². The van der Waals surface area contributed by atoms with Crippen LogP contribution in [-0.4, -0.2) is 43.8 Å². The van der Waals surface area contributed by atoms with E-state index in [2.05, 4.69) is 5.32 Å². The van der Waals surface area contributed by atoms with Crippen LogP contribution in [0.2, 0.25) is 5.02 Å². The number of furan rings is 1. The molecule has 0 radical (unpaired) electrons. The van der Waals surface area contributed by atoms with Crippen LogP contribution in [0.3, 0.4) is 0 Å². The van der Waals surface area contributed by atoms with Gasteiger partial charge in [0, 0.05) is 19.2 Å². The summed E-state index contributed by atoms with van der Waals surface area (Å²) in [6.07, 6.45) is 5.51. The van der Waals surface area contributed by atoms with Crippen LogP contribution in [0.1, 0.15) is 31.9 Å². The van der Waals surface area contributed by atoms with Gasteiger partial charge in [0.15, 0.2) is 6.10 Å². The van der Waals surface area contributed by atoms with Crippen molar-refractivity contribution in [1.29, 1.82) is 0 Å². The SMILES string of the molecule is C[C@H](OC(=O)/C=C/c1ccco1)C(=O)Nc1cc(S(=O)(=O)N2CCCCC2)ccc1Cl. The number of sulfonamides is 1. The summed E-state index contributed by atoms with van der Waals surface area (Å²) in [5, 5.41) is 2.70. The van der Waals surface area contributed by atoms with Crippen molar-refractivity contribution in [2.24, 2.45) is 0 Å². The van der Waals surface area contributed by atoms with E-state index in [-0.39, 0.29) is 15.6 Å². The van der Waals surface area contributed by atoms with E-state index in [4.69, 9.17) is 20.8 Å². The Bertz CT molecular complexity index is 1060. The highest BCUT2D eigenvalue weighted by atomic mass is 35.5. The third-order valence-corrected chi connectivity index (χ3v) is 6.96. The first-order chi connectivity index (χ1) is 14.8. The van der Waals surface area contributed by atoms with Gasteiger partial charge in [-0.3, -0.25) is 4.79 Å². The minimum Gasteiger partial charge on any atom is -0.465 e. The number of amides is 1.